The van der Waals surface area contributed by atoms with E-state index in [0.29, 0.717) is 13.1 Å². The van der Waals surface area contributed by atoms with Crippen molar-refractivity contribution in [2.24, 2.45) is 5.73 Å². The fraction of sp³-hybridized carbons (Fsp3) is 0.571. The second-order valence-corrected chi connectivity index (χ2v) is 7.43. The minimum atomic E-state index is -2.95. The molecule has 1 rings (SSSR count). The lowest BCUT2D eigenvalue weighted by atomic mass is 9.95. The number of aryl methyl sites for hydroxylation is 2. The average molecular weight is 284 g/mol. The zero-order valence-corrected chi connectivity index (χ0v) is 13.0. The summed E-state index contributed by atoms with van der Waals surface area (Å²) in [6.07, 6.45) is 1.26. The number of nitrogens with zero attached hydrogens (tertiary/aromatic N) is 1. The van der Waals surface area contributed by atoms with Crippen LogP contribution in [0.5, 0.6) is 0 Å². The van der Waals surface area contributed by atoms with Crippen LogP contribution in [0.25, 0.3) is 0 Å². The largest absolute Gasteiger partial charge is 0.329 e. The number of benzene rings is 1. The van der Waals surface area contributed by atoms with E-state index in [4.69, 9.17) is 5.73 Å². The number of likely N-dealkylation sites (N-methyl/N-ethyl adjacent to an activating group) is 1. The van der Waals surface area contributed by atoms with E-state index in [1.54, 1.807) is 0 Å². The molecule has 1 aromatic carbocycles. The van der Waals surface area contributed by atoms with Crippen molar-refractivity contribution >= 4 is 9.84 Å². The van der Waals surface area contributed by atoms with Crippen LogP contribution >= 0.6 is 0 Å². The molecule has 4 nitrogen and oxygen atoms in total. The van der Waals surface area contributed by atoms with Crippen molar-refractivity contribution in [1.29, 1.82) is 0 Å². The minimum absolute atomic E-state index is 0.0583. The van der Waals surface area contributed by atoms with Gasteiger partial charge in [-0.3, -0.25) is 4.90 Å². The third-order valence-corrected chi connectivity index (χ3v) is 4.37. The molecular formula is C14H24N2O2S. The van der Waals surface area contributed by atoms with Gasteiger partial charge >= 0.3 is 0 Å². The Labute approximate surface area is 116 Å². The van der Waals surface area contributed by atoms with Crippen LogP contribution < -0.4 is 5.73 Å². The van der Waals surface area contributed by atoms with Crippen molar-refractivity contribution in [3.05, 3.63) is 34.9 Å². The monoisotopic (exact) mass is 284 g/mol. The van der Waals surface area contributed by atoms with Gasteiger partial charge in [-0.15, -0.1) is 0 Å². The summed E-state index contributed by atoms with van der Waals surface area (Å²) in [5.41, 5.74) is 9.49. The highest BCUT2D eigenvalue weighted by molar-refractivity contribution is 7.90. The average Bonchev–Trinajstić information content (AvgIpc) is 2.30. The van der Waals surface area contributed by atoms with E-state index in [2.05, 4.69) is 26.0 Å². The maximum atomic E-state index is 11.3. The standard InChI is InChI=1S/C14H24N2O2S/c1-11-6-5-7-12(2)14(11)13(10-15)16(3)8-9-19(4,17)18/h5-7,13H,8-10,15H2,1-4H3. The van der Waals surface area contributed by atoms with E-state index in [9.17, 15) is 8.42 Å². The second kappa shape index (κ2) is 6.50. The van der Waals surface area contributed by atoms with Crippen LogP contribution in [0.4, 0.5) is 0 Å². The molecule has 0 spiro atoms. The SMILES string of the molecule is Cc1cccc(C)c1C(CN)N(C)CCS(C)(=O)=O. The van der Waals surface area contributed by atoms with E-state index < -0.39 is 9.84 Å². The molecule has 0 radical (unpaired) electrons. The molecule has 5 heteroatoms. The van der Waals surface area contributed by atoms with E-state index in [0.717, 1.165) is 0 Å². The molecule has 19 heavy (non-hydrogen) atoms. The summed E-state index contributed by atoms with van der Waals surface area (Å²) in [4.78, 5) is 2.02. The Bertz CT molecular complexity index is 506. The zero-order chi connectivity index (χ0) is 14.6. The van der Waals surface area contributed by atoms with Crippen LogP contribution in [-0.2, 0) is 9.84 Å². The smallest absolute Gasteiger partial charge is 0.148 e. The van der Waals surface area contributed by atoms with Crippen LogP contribution in [0.15, 0.2) is 18.2 Å². The topological polar surface area (TPSA) is 63.4 Å². The summed E-state index contributed by atoms with van der Waals surface area (Å²) >= 11 is 0. The van der Waals surface area contributed by atoms with Gasteiger partial charge in [0.05, 0.1) is 5.75 Å². The Kier molecular flexibility index (Phi) is 5.52. The van der Waals surface area contributed by atoms with Crippen LogP contribution in [0.2, 0.25) is 0 Å². The van der Waals surface area contributed by atoms with Gasteiger partial charge in [-0.1, -0.05) is 18.2 Å². The Balaban J connectivity index is 2.94. The van der Waals surface area contributed by atoms with Gasteiger partial charge in [-0.25, -0.2) is 8.42 Å². The lowest BCUT2D eigenvalue weighted by molar-refractivity contribution is 0.263. The summed E-state index contributed by atoms with van der Waals surface area (Å²) in [5, 5.41) is 0. The predicted molar refractivity (Wildman–Crippen MR) is 80.1 cm³/mol. The summed E-state index contributed by atoms with van der Waals surface area (Å²) < 4.78 is 22.5. The Morgan fingerprint density at radius 3 is 2.21 bits per heavy atom. The van der Waals surface area contributed by atoms with Gasteiger partial charge in [0, 0.05) is 25.4 Å². The molecule has 0 aliphatic rings. The van der Waals surface area contributed by atoms with E-state index >= 15 is 0 Å². The molecule has 1 atom stereocenters. The zero-order valence-electron chi connectivity index (χ0n) is 12.2. The molecule has 0 aromatic heterocycles. The maximum Gasteiger partial charge on any atom is 0.148 e. The van der Waals surface area contributed by atoms with Gasteiger partial charge in [0.2, 0.25) is 0 Å². The van der Waals surface area contributed by atoms with Crippen molar-refractivity contribution in [1.82, 2.24) is 4.90 Å². The van der Waals surface area contributed by atoms with Gasteiger partial charge < -0.3 is 5.73 Å². The van der Waals surface area contributed by atoms with Gasteiger partial charge in [0.15, 0.2) is 0 Å². The maximum absolute atomic E-state index is 11.3. The predicted octanol–water partition coefficient (Wildman–Crippen LogP) is 1.28. The molecule has 0 saturated heterocycles. The molecule has 0 bridgehead atoms. The lowest BCUT2D eigenvalue weighted by Gasteiger charge is -2.29. The van der Waals surface area contributed by atoms with E-state index in [-0.39, 0.29) is 11.8 Å². The van der Waals surface area contributed by atoms with Gasteiger partial charge in [0.25, 0.3) is 0 Å². The fourth-order valence-corrected chi connectivity index (χ4v) is 2.96. The quantitative estimate of drug-likeness (QED) is 0.855. The number of nitrogens with two attached hydrogens (primary N) is 1. The first-order valence-corrected chi connectivity index (χ1v) is 8.46. The first-order valence-electron chi connectivity index (χ1n) is 6.40. The summed E-state index contributed by atoms with van der Waals surface area (Å²) in [5.74, 6) is 0.158. The summed E-state index contributed by atoms with van der Waals surface area (Å²) in [6, 6.07) is 6.21. The third kappa shape index (κ3) is 4.60. The van der Waals surface area contributed by atoms with Crippen molar-refractivity contribution in [2.45, 2.75) is 19.9 Å². The Hall–Kier alpha value is -0.910. The van der Waals surface area contributed by atoms with E-state index in [1.165, 1.54) is 22.9 Å². The number of hydrogen-bond acceptors (Lipinski definition) is 4. The minimum Gasteiger partial charge on any atom is -0.329 e. The number of hydrogen-bond donors (Lipinski definition) is 1. The molecule has 0 fully saturated rings. The molecule has 2 N–H and O–H groups in total. The van der Waals surface area contributed by atoms with Crippen LogP contribution in [-0.4, -0.2) is 45.5 Å². The van der Waals surface area contributed by atoms with Crippen molar-refractivity contribution in [3.8, 4) is 0 Å². The first-order chi connectivity index (χ1) is 8.76. The molecule has 0 aliphatic carbocycles. The van der Waals surface area contributed by atoms with Crippen molar-refractivity contribution < 1.29 is 8.42 Å². The Morgan fingerprint density at radius 2 is 1.79 bits per heavy atom. The second-order valence-electron chi connectivity index (χ2n) is 5.17. The van der Waals surface area contributed by atoms with Crippen molar-refractivity contribution in [2.75, 3.05) is 32.1 Å². The molecule has 0 heterocycles. The van der Waals surface area contributed by atoms with E-state index in [1.807, 2.05) is 18.0 Å². The van der Waals surface area contributed by atoms with Crippen LogP contribution in [0, 0.1) is 13.8 Å². The highest BCUT2D eigenvalue weighted by atomic mass is 32.2. The molecule has 108 valence electrons. The highest BCUT2D eigenvalue weighted by Crippen LogP contribution is 2.25. The summed E-state index contributed by atoms with van der Waals surface area (Å²) in [7, 11) is -1.02. The normalized spacial score (nSPS) is 13.8. The fourth-order valence-electron chi connectivity index (χ4n) is 2.34. The Morgan fingerprint density at radius 1 is 1.26 bits per heavy atom. The highest BCUT2D eigenvalue weighted by Gasteiger charge is 2.20. The molecule has 0 saturated carbocycles. The van der Waals surface area contributed by atoms with Crippen molar-refractivity contribution in [3.63, 3.8) is 0 Å². The molecule has 0 amide bonds. The van der Waals surface area contributed by atoms with Crippen LogP contribution in [0.3, 0.4) is 0 Å². The lowest BCUT2D eigenvalue weighted by Crippen LogP contribution is -2.34. The van der Waals surface area contributed by atoms with Gasteiger partial charge in [0.1, 0.15) is 9.84 Å². The molecular weight excluding hydrogens is 260 g/mol. The molecule has 1 unspecified atom stereocenters. The summed E-state index contributed by atoms with van der Waals surface area (Å²) in [6.45, 7) is 5.10. The molecule has 1 aromatic rings. The van der Waals surface area contributed by atoms with Crippen LogP contribution in [0.1, 0.15) is 22.7 Å². The number of sulfone groups is 1. The van der Waals surface area contributed by atoms with Gasteiger partial charge in [-0.05, 0) is 37.6 Å². The first kappa shape index (κ1) is 16.1. The third-order valence-electron chi connectivity index (χ3n) is 3.45. The number of rotatable bonds is 6. The molecule has 0 aliphatic heterocycles. The van der Waals surface area contributed by atoms with Gasteiger partial charge in [-0.2, -0.15) is 0 Å².